The van der Waals surface area contributed by atoms with Crippen LogP contribution in [0.3, 0.4) is 0 Å². The predicted molar refractivity (Wildman–Crippen MR) is 77.3 cm³/mol. The third-order valence-electron chi connectivity index (χ3n) is 2.89. The molecule has 5 heteroatoms. The van der Waals surface area contributed by atoms with E-state index >= 15 is 0 Å². The van der Waals surface area contributed by atoms with E-state index in [1.54, 1.807) is 12.4 Å². The van der Waals surface area contributed by atoms with Gasteiger partial charge in [-0.3, -0.25) is 9.78 Å². The zero-order chi connectivity index (χ0) is 13.4. The highest BCUT2D eigenvalue weighted by Gasteiger charge is 2.14. The number of thiophene rings is 1. The van der Waals surface area contributed by atoms with Gasteiger partial charge in [0.25, 0.3) is 0 Å². The summed E-state index contributed by atoms with van der Waals surface area (Å²) in [6.45, 7) is 1.52. The zero-order valence-corrected chi connectivity index (χ0v) is 11.1. The van der Waals surface area contributed by atoms with Crippen LogP contribution in [0.5, 0.6) is 0 Å². The van der Waals surface area contributed by atoms with E-state index in [0.29, 0.717) is 10.6 Å². The summed E-state index contributed by atoms with van der Waals surface area (Å²) in [6.07, 6.45) is 3.45. The number of fused-ring (bicyclic) bond motifs is 1. The quantitative estimate of drug-likeness (QED) is 0.726. The molecule has 0 aliphatic heterocycles. The van der Waals surface area contributed by atoms with Crippen LogP contribution in [0.4, 0.5) is 5.69 Å². The molecule has 0 spiro atoms. The molecule has 3 rings (SSSR count). The molecule has 0 amide bonds. The van der Waals surface area contributed by atoms with Gasteiger partial charge in [0.1, 0.15) is 4.83 Å². The first-order valence-corrected chi connectivity index (χ1v) is 6.59. The van der Waals surface area contributed by atoms with Crippen molar-refractivity contribution in [3.05, 3.63) is 41.5 Å². The minimum Gasteiger partial charge on any atom is -0.397 e. The van der Waals surface area contributed by atoms with Crippen molar-refractivity contribution in [3.63, 3.8) is 0 Å². The molecule has 0 bridgehead atoms. The summed E-state index contributed by atoms with van der Waals surface area (Å²) < 4.78 is 0. The van der Waals surface area contributed by atoms with Crippen LogP contribution in [-0.4, -0.2) is 15.8 Å². The lowest BCUT2D eigenvalue weighted by atomic mass is 10.1. The van der Waals surface area contributed by atoms with Crippen LogP contribution in [0.15, 0.2) is 36.7 Å². The maximum absolute atomic E-state index is 11.5. The Labute approximate surface area is 113 Å². The van der Waals surface area contributed by atoms with Gasteiger partial charge in [0.05, 0.1) is 16.3 Å². The Morgan fingerprint density at radius 1 is 1.21 bits per heavy atom. The molecular weight excluding hydrogens is 258 g/mol. The Kier molecular flexibility index (Phi) is 2.76. The van der Waals surface area contributed by atoms with E-state index < -0.39 is 0 Å². The second-order valence-corrected chi connectivity index (χ2v) is 5.19. The molecule has 3 aromatic heterocycles. The van der Waals surface area contributed by atoms with E-state index in [9.17, 15) is 4.79 Å². The van der Waals surface area contributed by atoms with Crippen molar-refractivity contribution < 1.29 is 4.79 Å². The number of hydrogen-bond donors (Lipinski definition) is 1. The van der Waals surface area contributed by atoms with Crippen LogP contribution < -0.4 is 5.73 Å². The van der Waals surface area contributed by atoms with Crippen LogP contribution in [0.2, 0.25) is 0 Å². The number of rotatable bonds is 2. The second kappa shape index (κ2) is 4.44. The minimum absolute atomic E-state index is 0.0223. The van der Waals surface area contributed by atoms with Crippen molar-refractivity contribution in [1.82, 2.24) is 9.97 Å². The molecule has 0 fully saturated rings. The monoisotopic (exact) mass is 269 g/mol. The van der Waals surface area contributed by atoms with Crippen LogP contribution in [0.25, 0.3) is 21.5 Å². The van der Waals surface area contributed by atoms with Gasteiger partial charge in [0.15, 0.2) is 5.78 Å². The molecule has 2 N–H and O–H groups in total. The van der Waals surface area contributed by atoms with Gasteiger partial charge in [0.2, 0.25) is 0 Å². The Balaban J connectivity index is 2.19. The number of ketones is 1. The van der Waals surface area contributed by atoms with Crippen molar-refractivity contribution in [1.29, 1.82) is 0 Å². The lowest BCUT2D eigenvalue weighted by Gasteiger charge is -2.00. The Morgan fingerprint density at radius 2 is 1.95 bits per heavy atom. The molecule has 19 heavy (non-hydrogen) atoms. The van der Waals surface area contributed by atoms with E-state index in [0.717, 1.165) is 21.5 Å². The Bertz CT molecular complexity index is 765. The van der Waals surface area contributed by atoms with E-state index in [2.05, 4.69) is 9.97 Å². The van der Waals surface area contributed by atoms with Gasteiger partial charge < -0.3 is 5.73 Å². The summed E-state index contributed by atoms with van der Waals surface area (Å²) in [6, 6.07) is 7.62. The Morgan fingerprint density at radius 3 is 2.63 bits per heavy atom. The summed E-state index contributed by atoms with van der Waals surface area (Å²) in [5, 5.41) is 0.841. The fraction of sp³-hybridized carbons (Fsp3) is 0.0714. The first-order chi connectivity index (χ1) is 9.16. The molecular formula is C14H11N3OS. The maximum atomic E-state index is 11.5. The summed E-state index contributed by atoms with van der Waals surface area (Å²) >= 11 is 1.34. The van der Waals surface area contributed by atoms with Gasteiger partial charge in [-0.1, -0.05) is 0 Å². The number of aromatic nitrogens is 2. The number of carbonyl (C=O) groups excluding carboxylic acids is 1. The van der Waals surface area contributed by atoms with E-state index in [1.807, 2.05) is 24.3 Å². The molecule has 3 aromatic rings. The van der Waals surface area contributed by atoms with Gasteiger partial charge in [-0.25, -0.2) is 4.98 Å². The van der Waals surface area contributed by atoms with Gasteiger partial charge in [-0.05, 0) is 24.3 Å². The molecule has 0 saturated heterocycles. The van der Waals surface area contributed by atoms with Crippen molar-refractivity contribution in [2.24, 2.45) is 0 Å². The van der Waals surface area contributed by atoms with Crippen LogP contribution >= 0.6 is 11.3 Å². The van der Waals surface area contributed by atoms with E-state index in [1.165, 1.54) is 18.3 Å². The first-order valence-electron chi connectivity index (χ1n) is 5.77. The fourth-order valence-corrected chi connectivity index (χ4v) is 2.93. The van der Waals surface area contributed by atoms with Crippen LogP contribution in [-0.2, 0) is 0 Å². The second-order valence-electron chi connectivity index (χ2n) is 4.19. The SMILES string of the molecule is CC(=O)c1sc2nc(-c3ccncc3)ccc2c1N. The number of nitrogens with zero attached hydrogens (tertiary/aromatic N) is 2. The molecule has 0 saturated carbocycles. The standard InChI is InChI=1S/C14H11N3OS/c1-8(18)13-12(15)10-2-3-11(17-14(10)19-13)9-4-6-16-7-5-9/h2-7H,15H2,1H3. The van der Waals surface area contributed by atoms with Crippen LogP contribution in [0, 0.1) is 0 Å². The Hall–Kier alpha value is -2.27. The molecule has 0 aliphatic rings. The number of hydrogen-bond acceptors (Lipinski definition) is 5. The minimum atomic E-state index is -0.0223. The highest BCUT2D eigenvalue weighted by Crippen LogP contribution is 2.34. The van der Waals surface area contributed by atoms with Gasteiger partial charge in [-0.2, -0.15) is 0 Å². The van der Waals surface area contributed by atoms with Crippen LogP contribution in [0.1, 0.15) is 16.6 Å². The summed E-state index contributed by atoms with van der Waals surface area (Å²) in [5.74, 6) is -0.0223. The summed E-state index contributed by atoms with van der Waals surface area (Å²) in [5.41, 5.74) is 8.34. The molecule has 94 valence electrons. The highest BCUT2D eigenvalue weighted by atomic mass is 32.1. The third kappa shape index (κ3) is 1.98. The average Bonchev–Trinajstić information content (AvgIpc) is 2.77. The summed E-state index contributed by atoms with van der Waals surface area (Å²) in [4.78, 5) is 21.4. The largest absolute Gasteiger partial charge is 0.397 e. The molecule has 4 nitrogen and oxygen atoms in total. The number of nitrogen functional groups attached to an aromatic ring is 1. The first kappa shape index (κ1) is 11.8. The number of Topliss-reactive ketones (excluding diaryl/α,β-unsaturated/α-hetero) is 1. The lowest BCUT2D eigenvalue weighted by Crippen LogP contribution is -1.93. The maximum Gasteiger partial charge on any atom is 0.171 e. The molecule has 0 radical (unpaired) electrons. The number of nitrogens with two attached hydrogens (primary N) is 1. The topological polar surface area (TPSA) is 68.9 Å². The van der Waals surface area contributed by atoms with Gasteiger partial charge in [-0.15, -0.1) is 11.3 Å². The van der Waals surface area contributed by atoms with Gasteiger partial charge in [0, 0.05) is 30.3 Å². The zero-order valence-electron chi connectivity index (χ0n) is 10.3. The highest BCUT2D eigenvalue weighted by molar-refractivity contribution is 7.21. The van der Waals surface area contributed by atoms with Crippen molar-refractivity contribution in [3.8, 4) is 11.3 Å². The fourth-order valence-electron chi connectivity index (χ4n) is 1.94. The normalized spacial score (nSPS) is 10.8. The summed E-state index contributed by atoms with van der Waals surface area (Å²) in [7, 11) is 0. The van der Waals surface area contributed by atoms with Gasteiger partial charge >= 0.3 is 0 Å². The van der Waals surface area contributed by atoms with Crippen molar-refractivity contribution in [2.75, 3.05) is 5.73 Å². The van der Waals surface area contributed by atoms with E-state index in [4.69, 9.17) is 5.73 Å². The third-order valence-corrected chi connectivity index (χ3v) is 4.11. The average molecular weight is 269 g/mol. The molecule has 0 aliphatic carbocycles. The molecule has 0 unspecified atom stereocenters. The van der Waals surface area contributed by atoms with E-state index in [-0.39, 0.29) is 5.78 Å². The van der Waals surface area contributed by atoms with Crippen molar-refractivity contribution in [2.45, 2.75) is 6.92 Å². The number of carbonyl (C=O) groups is 1. The number of pyridine rings is 2. The lowest BCUT2D eigenvalue weighted by molar-refractivity contribution is 0.102. The molecule has 0 aromatic carbocycles. The van der Waals surface area contributed by atoms with Crippen molar-refractivity contribution >= 4 is 33.0 Å². The molecule has 3 heterocycles. The predicted octanol–water partition coefficient (Wildman–Crippen LogP) is 3.14. The molecule has 0 atom stereocenters. The number of anilines is 1. The smallest absolute Gasteiger partial charge is 0.171 e.